The van der Waals surface area contributed by atoms with Crippen molar-refractivity contribution < 1.29 is 28.7 Å². The molecule has 1 spiro atoms. The number of aromatic nitrogens is 3. The van der Waals surface area contributed by atoms with Crippen molar-refractivity contribution in [1.82, 2.24) is 29.9 Å². The van der Waals surface area contributed by atoms with Crippen molar-refractivity contribution in [2.75, 3.05) is 19.6 Å². The van der Waals surface area contributed by atoms with E-state index in [-0.39, 0.29) is 36.5 Å². The van der Waals surface area contributed by atoms with Crippen LogP contribution >= 0.6 is 0 Å². The second kappa shape index (κ2) is 8.44. The highest BCUT2D eigenvalue weighted by Gasteiger charge is 2.60. The smallest absolute Gasteiger partial charge is 0.302 e. The first-order valence-electron chi connectivity index (χ1n) is 9.99. The van der Waals surface area contributed by atoms with Gasteiger partial charge >= 0.3 is 5.97 Å². The number of β-lactam (4-membered cyclic amide) rings is 1. The van der Waals surface area contributed by atoms with Crippen LogP contribution in [-0.4, -0.2) is 91.4 Å². The van der Waals surface area contributed by atoms with Crippen LogP contribution in [-0.2, 0) is 31.0 Å². The average molecular weight is 434 g/mol. The molecule has 0 aliphatic carbocycles. The van der Waals surface area contributed by atoms with E-state index in [9.17, 15) is 24.0 Å². The fourth-order valence-corrected chi connectivity index (χ4v) is 4.23. The zero-order valence-corrected chi connectivity index (χ0v) is 18.0. The number of likely N-dealkylation sites (tertiary alicyclic amines) is 2. The van der Waals surface area contributed by atoms with Crippen LogP contribution in [0.5, 0.6) is 0 Å². The quantitative estimate of drug-likeness (QED) is 0.410. The lowest BCUT2D eigenvalue weighted by Crippen LogP contribution is -2.74. The third kappa shape index (κ3) is 4.14. The summed E-state index contributed by atoms with van der Waals surface area (Å²) < 4.78 is 6.35. The fourth-order valence-electron chi connectivity index (χ4n) is 4.23. The molecule has 1 N–H and O–H groups in total. The van der Waals surface area contributed by atoms with Crippen molar-refractivity contribution in [3.05, 3.63) is 12.2 Å². The predicted octanol–water partition coefficient (Wildman–Crippen LogP) is -1.34. The maximum absolute atomic E-state index is 13.0. The summed E-state index contributed by atoms with van der Waals surface area (Å²) in [4.78, 5) is 68.1. The molecule has 0 bridgehead atoms. The molecule has 3 atom stereocenters. The number of rotatable bonds is 7. The number of Topliss-reactive ketones (excluding diaryl/α,β-unsaturated/α-hetero) is 1. The molecular weight excluding hydrogens is 408 g/mol. The van der Waals surface area contributed by atoms with Gasteiger partial charge in [0.2, 0.25) is 11.7 Å². The van der Waals surface area contributed by atoms with Gasteiger partial charge in [-0.2, -0.15) is 5.10 Å². The molecule has 12 heteroatoms. The molecule has 12 nitrogen and oxygen atoms in total. The number of carbonyl (C=O) groups excluding carboxylic acids is 5. The second-order valence-corrected chi connectivity index (χ2v) is 7.93. The van der Waals surface area contributed by atoms with E-state index in [4.69, 9.17) is 4.74 Å². The normalized spacial score (nSPS) is 22.1. The van der Waals surface area contributed by atoms with E-state index in [1.54, 1.807) is 7.05 Å². The third-order valence-corrected chi connectivity index (χ3v) is 5.68. The predicted molar refractivity (Wildman–Crippen MR) is 104 cm³/mol. The molecule has 2 aliphatic heterocycles. The zero-order valence-electron chi connectivity index (χ0n) is 18.0. The van der Waals surface area contributed by atoms with Gasteiger partial charge in [0, 0.05) is 20.5 Å². The Balaban J connectivity index is 1.63. The number of nitrogens with zero attached hydrogens (tertiary/aromatic N) is 5. The Morgan fingerprint density at radius 2 is 2.00 bits per heavy atom. The summed E-state index contributed by atoms with van der Waals surface area (Å²) in [5.74, 6) is -2.03. The number of aryl methyl sites for hydroxylation is 1. The summed E-state index contributed by atoms with van der Waals surface area (Å²) >= 11 is 0. The Morgan fingerprint density at radius 3 is 2.55 bits per heavy atom. The van der Waals surface area contributed by atoms with Crippen molar-refractivity contribution >= 4 is 29.5 Å². The van der Waals surface area contributed by atoms with Crippen molar-refractivity contribution in [1.29, 1.82) is 0 Å². The number of esters is 1. The van der Waals surface area contributed by atoms with Gasteiger partial charge in [0.05, 0.1) is 13.1 Å². The summed E-state index contributed by atoms with van der Waals surface area (Å²) in [7, 11) is 1.60. The Bertz CT molecular complexity index is 929. The summed E-state index contributed by atoms with van der Waals surface area (Å²) in [6.45, 7) is 4.37. The summed E-state index contributed by atoms with van der Waals surface area (Å²) in [5.41, 5.74) is -0.978. The standard InChI is InChI=1S/C19H26N6O6/c1-11(26)15(12(2)31-13(3)27)22-14(28)8-24-9-19(18(24)30)6-5-7-25(19)17(29)16-20-10-21-23(16)4/h10,12,15H,5-9H2,1-4H3,(H,22,28)/t12-,15-,19?/m1/s1. The number of ether oxygens (including phenoxy) is 1. The van der Waals surface area contributed by atoms with E-state index in [2.05, 4.69) is 15.4 Å². The number of hydrogen-bond donors (Lipinski definition) is 1. The van der Waals surface area contributed by atoms with Gasteiger partial charge < -0.3 is 19.9 Å². The van der Waals surface area contributed by atoms with E-state index in [1.165, 1.54) is 41.6 Å². The molecule has 1 aromatic heterocycles. The highest BCUT2D eigenvalue weighted by Crippen LogP contribution is 2.39. The zero-order chi connectivity index (χ0) is 22.9. The molecular formula is C19H26N6O6. The summed E-state index contributed by atoms with van der Waals surface area (Å²) in [6.07, 6.45) is 1.61. The van der Waals surface area contributed by atoms with E-state index in [1.807, 2.05) is 0 Å². The second-order valence-electron chi connectivity index (χ2n) is 7.93. The molecule has 1 unspecified atom stereocenters. The van der Waals surface area contributed by atoms with Crippen LogP contribution in [0.2, 0.25) is 0 Å². The first-order chi connectivity index (χ1) is 14.6. The van der Waals surface area contributed by atoms with Crippen molar-refractivity contribution in [3.63, 3.8) is 0 Å². The van der Waals surface area contributed by atoms with Gasteiger partial charge in [-0.25, -0.2) is 9.67 Å². The van der Waals surface area contributed by atoms with Gasteiger partial charge in [0.1, 0.15) is 24.0 Å². The number of nitrogens with one attached hydrogen (secondary N) is 1. The molecule has 31 heavy (non-hydrogen) atoms. The highest BCUT2D eigenvalue weighted by molar-refractivity contribution is 6.02. The van der Waals surface area contributed by atoms with Gasteiger partial charge in [-0.3, -0.25) is 24.0 Å². The molecule has 2 saturated heterocycles. The minimum Gasteiger partial charge on any atom is -0.460 e. The molecule has 2 aliphatic rings. The number of amides is 3. The lowest BCUT2D eigenvalue weighted by atomic mass is 9.85. The molecule has 3 heterocycles. The molecule has 0 saturated carbocycles. The Labute approximate surface area is 178 Å². The van der Waals surface area contributed by atoms with Crippen LogP contribution in [0.25, 0.3) is 0 Å². The van der Waals surface area contributed by atoms with Crippen LogP contribution in [0.15, 0.2) is 6.33 Å². The number of ketones is 1. The molecule has 0 aromatic carbocycles. The highest BCUT2D eigenvalue weighted by atomic mass is 16.5. The Hall–Kier alpha value is -3.31. The minimum atomic E-state index is -1.01. The van der Waals surface area contributed by atoms with E-state index >= 15 is 0 Å². The fraction of sp³-hybridized carbons (Fsp3) is 0.632. The van der Waals surface area contributed by atoms with E-state index < -0.39 is 29.6 Å². The summed E-state index contributed by atoms with van der Waals surface area (Å²) in [5, 5.41) is 6.42. The first kappa shape index (κ1) is 22.4. The summed E-state index contributed by atoms with van der Waals surface area (Å²) in [6, 6.07) is -1.01. The number of carbonyl (C=O) groups is 5. The van der Waals surface area contributed by atoms with Crippen LogP contribution < -0.4 is 5.32 Å². The van der Waals surface area contributed by atoms with Crippen LogP contribution in [0.4, 0.5) is 0 Å². The molecule has 168 valence electrons. The minimum absolute atomic E-state index is 0.147. The maximum atomic E-state index is 13.0. The van der Waals surface area contributed by atoms with Gasteiger partial charge in [-0.15, -0.1) is 0 Å². The number of hydrogen-bond acceptors (Lipinski definition) is 8. The average Bonchev–Trinajstić information content (AvgIpc) is 3.32. The molecule has 1 aromatic rings. The van der Waals surface area contributed by atoms with E-state index in [0.717, 1.165) is 0 Å². The van der Waals surface area contributed by atoms with Crippen molar-refractivity contribution in [2.45, 2.75) is 51.3 Å². The van der Waals surface area contributed by atoms with Gasteiger partial charge in [0.15, 0.2) is 5.78 Å². The van der Waals surface area contributed by atoms with Crippen molar-refractivity contribution in [3.8, 4) is 0 Å². The Kier molecular flexibility index (Phi) is 6.09. The lowest BCUT2D eigenvalue weighted by molar-refractivity contribution is -0.161. The topological polar surface area (TPSA) is 144 Å². The van der Waals surface area contributed by atoms with Crippen LogP contribution in [0, 0.1) is 0 Å². The SMILES string of the molecule is CC(=O)O[C@H](C)[C@H](NC(=O)CN1CC2(CCCN2C(=O)c2ncnn2C)C1=O)C(C)=O. The molecule has 2 fully saturated rings. The molecule has 0 radical (unpaired) electrons. The van der Waals surface area contributed by atoms with Crippen LogP contribution in [0.1, 0.15) is 44.2 Å². The molecule has 3 amide bonds. The van der Waals surface area contributed by atoms with Gasteiger partial charge in [-0.05, 0) is 26.7 Å². The maximum Gasteiger partial charge on any atom is 0.302 e. The van der Waals surface area contributed by atoms with Gasteiger partial charge in [0.25, 0.3) is 11.8 Å². The first-order valence-corrected chi connectivity index (χ1v) is 9.99. The van der Waals surface area contributed by atoms with Crippen molar-refractivity contribution in [2.24, 2.45) is 7.05 Å². The van der Waals surface area contributed by atoms with E-state index in [0.29, 0.717) is 19.4 Å². The van der Waals surface area contributed by atoms with Gasteiger partial charge in [-0.1, -0.05) is 0 Å². The molecule has 3 rings (SSSR count). The monoisotopic (exact) mass is 434 g/mol. The lowest BCUT2D eigenvalue weighted by Gasteiger charge is -2.50. The van der Waals surface area contributed by atoms with Crippen LogP contribution in [0.3, 0.4) is 0 Å². The largest absolute Gasteiger partial charge is 0.460 e. The third-order valence-electron chi connectivity index (χ3n) is 5.68. The Morgan fingerprint density at radius 1 is 1.29 bits per heavy atom.